The first-order chi connectivity index (χ1) is 20.1. The van der Waals surface area contributed by atoms with Crippen LogP contribution in [-0.2, 0) is 9.53 Å². The van der Waals surface area contributed by atoms with Crippen LogP contribution in [0.1, 0.15) is 37.5 Å². The Balaban J connectivity index is 1.73. The number of aliphatic hydroxyl groups is 3. The summed E-state index contributed by atoms with van der Waals surface area (Å²) in [5.41, 5.74) is -6.87. The molecule has 11 nitrogen and oxygen atoms in total. The van der Waals surface area contributed by atoms with E-state index < -0.39 is 53.0 Å². The monoisotopic (exact) mass is 572 g/mol. The van der Waals surface area contributed by atoms with Crippen molar-refractivity contribution in [2.75, 3.05) is 13.1 Å². The van der Waals surface area contributed by atoms with Gasteiger partial charge in [0, 0.05) is 29.7 Å². The highest BCUT2D eigenvalue weighted by Crippen LogP contribution is 2.47. The minimum Gasteiger partial charge on any atom is -0.382 e. The van der Waals surface area contributed by atoms with Gasteiger partial charge in [-0.2, -0.15) is 0 Å². The van der Waals surface area contributed by atoms with Crippen molar-refractivity contribution in [1.29, 1.82) is 0 Å². The van der Waals surface area contributed by atoms with E-state index in [4.69, 9.17) is 4.74 Å². The Kier molecular flexibility index (Phi) is 7.85. The van der Waals surface area contributed by atoms with Crippen molar-refractivity contribution < 1.29 is 44.0 Å². The van der Waals surface area contributed by atoms with Gasteiger partial charge in [-0.1, -0.05) is 91.0 Å². The molecule has 3 aromatic carbocycles. The Labute approximate surface area is 240 Å². The lowest BCUT2D eigenvalue weighted by Crippen LogP contribution is -2.71. The van der Waals surface area contributed by atoms with Gasteiger partial charge in [0.05, 0.1) is 6.54 Å². The van der Waals surface area contributed by atoms with Crippen LogP contribution < -0.4 is 5.32 Å². The molecule has 216 valence electrons. The number of rotatable bonds is 8. The van der Waals surface area contributed by atoms with Crippen LogP contribution >= 0.6 is 0 Å². The standard InChI is InChI=1S/C31H28N2O9/c34-22-16-17-33(29(39)32-18-22)28-31(41,26(38)21-14-8-3-9-15-21)30(40,25(37)20-12-6-2-7-13-20)27(42-28)24(36)23(35)19-10-4-1-5-11-19/h1-15,24,27-28,36,40-41H,16-18H2,(H,32,39)/t24?,27-,28-,30-,31+/m1/s1. The molecule has 5 rings (SSSR count). The number of amides is 2. The second-order valence-corrected chi connectivity index (χ2v) is 10.1. The minimum atomic E-state index is -3.30. The van der Waals surface area contributed by atoms with E-state index in [-0.39, 0.29) is 42.0 Å². The zero-order chi connectivity index (χ0) is 30.1. The van der Waals surface area contributed by atoms with E-state index in [1.807, 2.05) is 0 Å². The lowest BCUT2D eigenvalue weighted by molar-refractivity contribution is -0.121. The first kappa shape index (κ1) is 29.0. The normalized spacial score (nSPS) is 26.7. The molecule has 5 atom stereocenters. The van der Waals surface area contributed by atoms with Gasteiger partial charge in [-0.15, -0.1) is 0 Å². The molecule has 1 unspecified atom stereocenters. The highest BCUT2D eigenvalue weighted by atomic mass is 16.6. The van der Waals surface area contributed by atoms with E-state index in [9.17, 15) is 39.3 Å². The van der Waals surface area contributed by atoms with E-state index in [0.717, 1.165) is 4.90 Å². The number of hydrogen-bond donors (Lipinski definition) is 4. The first-order valence-electron chi connectivity index (χ1n) is 13.2. The minimum absolute atomic E-state index is 0.00241. The number of carbonyl (C=O) groups excluding carboxylic acids is 5. The number of ketones is 4. The predicted molar refractivity (Wildman–Crippen MR) is 147 cm³/mol. The Hall–Kier alpha value is -4.55. The van der Waals surface area contributed by atoms with E-state index in [2.05, 4.69) is 5.32 Å². The number of aliphatic hydroxyl groups excluding tert-OH is 1. The first-order valence-corrected chi connectivity index (χ1v) is 13.2. The molecule has 0 aliphatic carbocycles. The van der Waals surface area contributed by atoms with Gasteiger partial charge in [0.25, 0.3) is 0 Å². The molecule has 2 amide bonds. The highest BCUT2D eigenvalue weighted by molar-refractivity contribution is 6.14. The van der Waals surface area contributed by atoms with Crippen molar-refractivity contribution in [2.45, 2.75) is 36.1 Å². The molecule has 2 aliphatic heterocycles. The summed E-state index contributed by atoms with van der Waals surface area (Å²) in [6.07, 6.45) is -6.80. The number of nitrogens with one attached hydrogen (secondary N) is 1. The average molecular weight is 573 g/mol. The Morgan fingerprint density at radius 3 is 1.79 bits per heavy atom. The molecule has 2 fully saturated rings. The molecular formula is C31H28N2O9. The summed E-state index contributed by atoms with van der Waals surface area (Å²) in [4.78, 5) is 67.9. The molecule has 0 radical (unpaired) electrons. The van der Waals surface area contributed by atoms with E-state index in [1.165, 1.54) is 72.8 Å². The predicted octanol–water partition coefficient (Wildman–Crippen LogP) is 1.17. The largest absolute Gasteiger partial charge is 0.382 e. The third-order valence-electron chi connectivity index (χ3n) is 7.62. The molecule has 42 heavy (non-hydrogen) atoms. The van der Waals surface area contributed by atoms with Gasteiger partial charge in [0.1, 0.15) is 12.2 Å². The Morgan fingerprint density at radius 2 is 1.26 bits per heavy atom. The number of carbonyl (C=O) groups is 5. The van der Waals surface area contributed by atoms with E-state index >= 15 is 0 Å². The second-order valence-electron chi connectivity index (χ2n) is 10.1. The molecule has 0 aromatic heterocycles. The number of Topliss-reactive ketones (excluding diaryl/α,β-unsaturated/α-hetero) is 4. The zero-order valence-electron chi connectivity index (χ0n) is 22.3. The highest BCUT2D eigenvalue weighted by Gasteiger charge is 2.76. The number of nitrogens with zero attached hydrogens (tertiary/aromatic N) is 1. The summed E-state index contributed by atoms with van der Waals surface area (Å²) in [6, 6.07) is 21.0. The molecule has 0 spiro atoms. The summed E-state index contributed by atoms with van der Waals surface area (Å²) in [5.74, 6) is -3.75. The Bertz CT molecular complexity index is 1520. The van der Waals surface area contributed by atoms with Gasteiger partial charge in [-0.05, 0) is 0 Å². The van der Waals surface area contributed by atoms with Gasteiger partial charge >= 0.3 is 6.03 Å². The van der Waals surface area contributed by atoms with Crippen molar-refractivity contribution in [3.63, 3.8) is 0 Å². The summed E-state index contributed by atoms with van der Waals surface area (Å²) < 4.78 is 5.92. The average Bonchev–Trinajstić information content (AvgIpc) is 3.14. The Morgan fingerprint density at radius 1 is 0.786 bits per heavy atom. The molecule has 2 aliphatic rings. The van der Waals surface area contributed by atoms with Gasteiger partial charge in [0.15, 0.2) is 23.4 Å². The molecule has 4 N–H and O–H groups in total. The van der Waals surface area contributed by atoms with Crippen LogP contribution in [0.15, 0.2) is 91.0 Å². The molecule has 0 bridgehead atoms. The third-order valence-corrected chi connectivity index (χ3v) is 7.62. The molecule has 3 aromatic rings. The third kappa shape index (κ3) is 4.72. The maximum Gasteiger partial charge on any atom is 0.319 e. The van der Waals surface area contributed by atoms with E-state index in [1.54, 1.807) is 18.2 Å². The number of hydrogen-bond acceptors (Lipinski definition) is 9. The van der Waals surface area contributed by atoms with Gasteiger partial charge in [0.2, 0.25) is 17.2 Å². The van der Waals surface area contributed by atoms with Crippen molar-refractivity contribution >= 4 is 29.2 Å². The van der Waals surface area contributed by atoms with Crippen LogP contribution in [0.4, 0.5) is 4.79 Å². The van der Waals surface area contributed by atoms with Gasteiger partial charge in [-0.25, -0.2) is 4.79 Å². The lowest BCUT2D eigenvalue weighted by atomic mass is 9.69. The second kappa shape index (κ2) is 11.4. The molecule has 2 heterocycles. The fourth-order valence-electron chi connectivity index (χ4n) is 5.39. The maximum atomic E-state index is 14.2. The van der Waals surface area contributed by atoms with Crippen LogP contribution in [0.2, 0.25) is 0 Å². The van der Waals surface area contributed by atoms with Crippen molar-refractivity contribution in [3.8, 4) is 0 Å². The van der Waals surface area contributed by atoms with Crippen LogP contribution in [0, 0.1) is 0 Å². The summed E-state index contributed by atoms with van der Waals surface area (Å²) >= 11 is 0. The molecule has 2 saturated heterocycles. The van der Waals surface area contributed by atoms with Crippen molar-refractivity contribution in [3.05, 3.63) is 108 Å². The van der Waals surface area contributed by atoms with Gasteiger partial charge < -0.3 is 25.4 Å². The van der Waals surface area contributed by atoms with E-state index in [0.29, 0.717) is 0 Å². The van der Waals surface area contributed by atoms with Crippen LogP contribution in [-0.4, -0.2) is 92.1 Å². The maximum absolute atomic E-state index is 14.2. The van der Waals surface area contributed by atoms with Crippen LogP contribution in [0.3, 0.4) is 0 Å². The number of ether oxygens (including phenoxy) is 1. The SMILES string of the molecule is O=C1CCN([C@@H]2O[C@H](C(O)C(=O)c3ccccc3)[C@](O)(C(=O)c3ccccc3)[C@]2(O)C(=O)c2ccccc2)C(=O)NC1. The summed E-state index contributed by atoms with van der Waals surface area (Å²) in [5, 5.41) is 38.6. The number of benzene rings is 3. The van der Waals surface area contributed by atoms with Crippen molar-refractivity contribution in [2.24, 2.45) is 0 Å². The topological polar surface area (TPSA) is 171 Å². The lowest BCUT2D eigenvalue weighted by Gasteiger charge is -2.41. The van der Waals surface area contributed by atoms with Crippen molar-refractivity contribution in [1.82, 2.24) is 10.2 Å². The summed E-state index contributed by atoms with van der Waals surface area (Å²) in [7, 11) is 0. The molecule has 11 heteroatoms. The van der Waals surface area contributed by atoms with Crippen LogP contribution in [0.5, 0.6) is 0 Å². The van der Waals surface area contributed by atoms with Gasteiger partial charge in [-0.3, -0.25) is 24.1 Å². The number of urea groups is 1. The zero-order valence-corrected chi connectivity index (χ0v) is 22.3. The summed E-state index contributed by atoms with van der Waals surface area (Å²) in [6.45, 7) is -0.691. The molecular weight excluding hydrogens is 544 g/mol. The smallest absolute Gasteiger partial charge is 0.319 e. The van der Waals surface area contributed by atoms with Crippen LogP contribution in [0.25, 0.3) is 0 Å². The molecule has 0 saturated carbocycles. The fraction of sp³-hybridized carbons (Fsp3) is 0.258. The fourth-order valence-corrected chi connectivity index (χ4v) is 5.39. The quantitative estimate of drug-likeness (QED) is 0.289.